The van der Waals surface area contributed by atoms with Crippen molar-refractivity contribution in [1.82, 2.24) is 5.32 Å². The van der Waals surface area contributed by atoms with E-state index >= 15 is 0 Å². The molecule has 2 unspecified atom stereocenters. The van der Waals surface area contributed by atoms with E-state index in [1.54, 1.807) is 0 Å². The van der Waals surface area contributed by atoms with Gasteiger partial charge in [-0.05, 0) is 30.9 Å². The Labute approximate surface area is 114 Å². The third-order valence-corrected chi connectivity index (χ3v) is 4.23. The van der Waals surface area contributed by atoms with Crippen molar-refractivity contribution < 1.29 is 4.79 Å². The molecule has 0 radical (unpaired) electrons. The molecule has 1 amide bonds. The summed E-state index contributed by atoms with van der Waals surface area (Å²) in [6, 6.07) is 6.18. The summed E-state index contributed by atoms with van der Waals surface area (Å²) in [5, 5.41) is 9.83. The molecule has 1 aliphatic heterocycles. The van der Waals surface area contributed by atoms with Crippen molar-refractivity contribution in [2.24, 2.45) is 5.92 Å². The highest BCUT2D eigenvalue weighted by Gasteiger charge is 2.26. The van der Waals surface area contributed by atoms with E-state index in [0.29, 0.717) is 12.0 Å². The predicted molar refractivity (Wildman–Crippen MR) is 77.7 cm³/mol. The van der Waals surface area contributed by atoms with E-state index in [9.17, 15) is 4.79 Å². The summed E-state index contributed by atoms with van der Waals surface area (Å²) in [5.74, 6) is 0.640. The molecule has 19 heavy (non-hydrogen) atoms. The zero-order valence-corrected chi connectivity index (χ0v) is 11.3. The van der Waals surface area contributed by atoms with Crippen molar-refractivity contribution in [3.05, 3.63) is 23.8 Å². The average Bonchev–Trinajstić information content (AvgIpc) is 2.83. The first kappa shape index (κ1) is 12.3. The van der Waals surface area contributed by atoms with Gasteiger partial charge in [0.1, 0.15) is 0 Å². The van der Waals surface area contributed by atoms with Crippen LogP contribution in [-0.4, -0.2) is 25.0 Å². The van der Waals surface area contributed by atoms with Crippen molar-refractivity contribution in [3.8, 4) is 0 Å². The van der Waals surface area contributed by atoms with Gasteiger partial charge in [0.25, 0.3) is 5.91 Å². The molecule has 0 saturated heterocycles. The largest absolute Gasteiger partial charge is 0.382 e. The van der Waals surface area contributed by atoms with E-state index in [1.807, 2.05) is 18.2 Å². The molecule has 0 aromatic heterocycles. The Morgan fingerprint density at radius 2 is 2.11 bits per heavy atom. The lowest BCUT2D eigenvalue weighted by molar-refractivity contribution is 0.0930. The Kier molecular flexibility index (Phi) is 3.32. The Morgan fingerprint density at radius 3 is 2.89 bits per heavy atom. The van der Waals surface area contributed by atoms with Crippen LogP contribution in [0.25, 0.3) is 0 Å². The van der Waals surface area contributed by atoms with Gasteiger partial charge in [-0.2, -0.15) is 0 Å². The second-order valence-corrected chi connectivity index (χ2v) is 5.57. The summed E-state index contributed by atoms with van der Waals surface area (Å²) in [5.41, 5.74) is 2.72. The molecule has 1 aromatic rings. The van der Waals surface area contributed by atoms with Gasteiger partial charge in [0.05, 0.1) is 16.9 Å². The quantitative estimate of drug-likeness (QED) is 0.764. The molecule has 3 N–H and O–H groups in total. The summed E-state index contributed by atoms with van der Waals surface area (Å²) in [6.07, 6.45) is 3.55. The second-order valence-electron chi connectivity index (χ2n) is 5.57. The summed E-state index contributed by atoms with van der Waals surface area (Å²) in [7, 11) is 0. The van der Waals surface area contributed by atoms with E-state index in [4.69, 9.17) is 0 Å². The SMILES string of the molecule is CC1CCCC1NC(=O)c1cccc2c1NCCN2. The summed E-state index contributed by atoms with van der Waals surface area (Å²) in [4.78, 5) is 12.4. The van der Waals surface area contributed by atoms with Crippen molar-refractivity contribution in [1.29, 1.82) is 0 Å². The lowest BCUT2D eigenvalue weighted by Gasteiger charge is -2.24. The molecule has 4 nitrogen and oxygen atoms in total. The maximum absolute atomic E-state index is 12.4. The van der Waals surface area contributed by atoms with Crippen LogP contribution in [0.4, 0.5) is 11.4 Å². The average molecular weight is 259 g/mol. The van der Waals surface area contributed by atoms with Gasteiger partial charge in [-0.15, -0.1) is 0 Å². The lowest BCUT2D eigenvalue weighted by atomic mass is 10.0. The van der Waals surface area contributed by atoms with E-state index in [0.717, 1.165) is 36.4 Å². The normalized spacial score (nSPS) is 25.1. The highest BCUT2D eigenvalue weighted by atomic mass is 16.1. The minimum Gasteiger partial charge on any atom is -0.382 e. The number of nitrogens with one attached hydrogen (secondary N) is 3. The number of carbonyl (C=O) groups excluding carboxylic acids is 1. The first-order valence-corrected chi connectivity index (χ1v) is 7.17. The van der Waals surface area contributed by atoms with Crippen LogP contribution >= 0.6 is 0 Å². The van der Waals surface area contributed by atoms with Gasteiger partial charge in [0, 0.05) is 19.1 Å². The number of benzene rings is 1. The molecule has 2 atom stereocenters. The molecule has 0 spiro atoms. The molecule has 1 aliphatic carbocycles. The number of carbonyl (C=O) groups is 1. The maximum atomic E-state index is 12.4. The molecule has 1 aromatic carbocycles. The molecule has 1 heterocycles. The highest BCUT2D eigenvalue weighted by Crippen LogP contribution is 2.29. The Hall–Kier alpha value is -1.71. The fourth-order valence-electron chi connectivity index (χ4n) is 3.07. The van der Waals surface area contributed by atoms with Crippen molar-refractivity contribution in [3.63, 3.8) is 0 Å². The second kappa shape index (κ2) is 5.11. The van der Waals surface area contributed by atoms with Crippen molar-refractivity contribution in [2.75, 3.05) is 23.7 Å². The van der Waals surface area contributed by atoms with E-state index < -0.39 is 0 Å². The molecule has 1 fully saturated rings. The first-order valence-electron chi connectivity index (χ1n) is 7.17. The van der Waals surface area contributed by atoms with Crippen molar-refractivity contribution in [2.45, 2.75) is 32.2 Å². The molecular weight excluding hydrogens is 238 g/mol. The van der Waals surface area contributed by atoms with Gasteiger partial charge in [0.2, 0.25) is 0 Å². The number of rotatable bonds is 2. The van der Waals surface area contributed by atoms with Crippen LogP contribution in [0.5, 0.6) is 0 Å². The highest BCUT2D eigenvalue weighted by molar-refractivity contribution is 6.03. The lowest BCUT2D eigenvalue weighted by Crippen LogP contribution is -2.37. The number of fused-ring (bicyclic) bond motifs is 1. The summed E-state index contributed by atoms with van der Waals surface area (Å²) < 4.78 is 0. The number of hydrogen-bond donors (Lipinski definition) is 3. The Morgan fingerprint density at radius 1 is 1.26 bits per heavy atom. The summed E-state index contributed by atoms with van der Waals surface area (Å²) >= 11 is 0. The fourth-order valence-corrected chi connectivity index (χ4v) is 3.07. The number of amides is 1. The maximum Gasteiger partial charge on any atom is 0.253 e. The molecular formula is C15H21N3O. The van der Waals surface area contributed by atoms with Gasteiger partial charge in [-0.25, -0.2) is 0 Å². The molecule has 2 aliphatic rings. The standard InChI is InChI=1S/C15H21N3O/c1-10-4-2-6-12(10)18-15(19)11-5-3-7-13-14(11)17-9-8-16-13/h3,5,7,10,12,16-17H,2,4,6,8-9H2,1H3,(H,18,19). The van der Waals surface area contributed by atoms with E-state index in [1.165, 1.54) is 12.8 Å². The van der Waals surface area contributed by atoms with Crippen LogP contribution in [0.3, 0.4) is 0 Å². The Balaban J connectivity index is 1.80. The van der Waals surface area contributed by atoms with E-state index in [-0.39, 0.29) is 5.91 Å². The van der Waals surface area contributed by atoms with Crippen LogP contribution in [0.1, 0.15) is 36.5 Å². The number of hydrogen-bond acceptors (Lipinski definition) is 3. The van der Waals surface area contributed by atoms with Crippen LogP contribution in [0, 0.1) is 5.92 Å². The van der Waals surface area contributed by atoms with Crippen LogP contribution < -0.4 is 16.0 Å². The molecule has 4 heteroatoms. The Bertz CT molecular complexity index is 486. The van der Waals surface area contributed by atoms with Crippen molar-refractivity contribution >= 4 is 17.3 Å². The molecule has 0 bridgehead atoms. The van der Waals surface area contributed by atoms with Crippen LogP contribution in [0.15, 0.2) is 18.2 Å². The van der Waals surface area contributed by atoms with Gasteiger partial charge in [0.15, 0.2) is 0 Å². The van der Waals surface area contributed by atoms with Crippen LogP contribution in [-0.2, 0) is 0 Å². The fraction of sp³-hybridized carbons (Fsp3) is 0.533. The van der Waals surface area contributed by atoms with Crippen LogP contribution in [0.2, 0.25) is 0 Å². The zero-order chi connectivity index (χ0) is 13.2. The number of para-hydroxylation sites is 1. The van der Waals surface area contributed by atoms with Gasteiger partial charge < -0.3 is 16.0 Å². The van der Waals surface area contributed by atoms with Gasteiger partial charge in [-0.3, -0.25) is 4.79 Å². The molecule has 1 saturated carbocycles. The topological polar surface area (TPSA) is 53.2 Å². The minimum absolute atomic E-state index is 0.0480. The smallest absolute Gasteiger partial charge is 0.253 e. The zero-order valence-electron chi connectivity index (χ0n) is 11.3. The predicted octanol–water partition coefficient (Wildman–Crippen LogP) is 2.44. The van der Waals surface area contributed by atoms with Gasteiger partial charge >= 0.3 is 0 Å². The summed E-state index contributed by atoms with van der Waals surface area (Å²) in [6.45, 7) is 3.98. The number of anilines is 2. The minimum atomic E-state index is 0.0480. The van der Waals surface area contributed by atoms with Gasteiger partial charge in [-0.1, -0.05) is 19.4 Å². The molecule has 102 valence electrons. The monoisotopic (exact) mass is 259 g/mol. The third-order valence-electron chi connectivity index (χ3n) is 4.23. The third kappa shape index (κ3) is 2.39. The van der Waals surface area contributed by atoms with E-state index in [2.05, 4.69) is 22.9 Å². The first-order chi connectivity index (χ1) is 9.25. The molecule has 3 rings (SSSR count).